The number of hydrogen-bond acceptors (Lipinski definition) is 4. The van der Waals surface area contributed by atoms with Gasteiger partial charge in [-0.2, -0.15) is 0 Å². The topological polar surface area (TPSA) is 50.4 Å². The summed E-state index contributed by atoms with van der Waals surface area (Å²) < 4.78 is 4.78. The van der Waals surface area contributed by atoms with Gasteiger partial charge in [0.2, 0.25) is 0 Å². The van der Waals surface area contributed by atoms with Gasteiger partial charge in [-0.3, -0.25) is 0 Å². The van der Waals surface area contributed by atoms with E-state index in [0.29, 0.717) is 5.56 Å². The Morgan fingerprint density at radius 1 is 0.944 bits per heavy atom. The highest BCUT2D eigenvalue weighted by Crippen LogP contribution is 2.40. The molecule has 4 nitrogen and oxygen atoms in total. The standard InChI is InChI=1S/C14H12N2O2/c1-18-14(17)9-5-4-8-12-13(9)16-11-7-3-2-6-10(11)15-12/h2-8,15-16H,1H3. The van der Waals surface area contributed by atoms with E-state index in [1.807, 2.05) is 36.4 Å². The van der Waals surface area contributed by atoms with Crippen LogP contribution in [0.15, 0.2) is 42.5 Å². The third-order valence-electron chi connectivity index (χ3n) is 2.93. The molecule has 0 unspecified atom stereocenters. The van der Waals surface area contributed by atoms with Crippen LogP contribution in [-0.2, 0) is 4.74 Å². The van der Waals surface area contributed by atoms with E-state index in [4.69, 9.17) is 4.74 Å². The first-order valence-electron chi connectivity index (χ1n) is 5.64. The Balaban J connectivity index is 2.10. The zero-order chi connectivity index (χ0) is 12.5. The maximum absolute atomic E-state index is 11.7. The van der Waals surface area contributed by atoms with Crippen LogP contribution in [0.25, 0.3) is 0 Å². The van der Waals surface area contributed by atoms with Gasteiger partial charge in [0.15, 0.2) is 0 Å². The number of rotatable bonds is 1. The van der Waals surface area contributed by atoms with E-state index >= 15 is 0 Å². The van der Waals surface area contributed by atoms with Gasteiger partial charge < -0.3 is 15.4 Å². The number of carbonyl (C=O) groups is 1. The van der Waals surface area contributed by atoms with Crippen molar-refractivity contribution in [2.45, 2.75) is 0 Å². The zero-order valence-electron chi connectivity index (χ0n) is 9.86. The van der Waals surface area contributed by atoms with Crippen molar-refractivity contribution in [1.29, 1.82) is 0 Å². The quantitative estimate of drug-likeness (QED) is 0.641. The smallest absolute Gasteiger partial charge is 0.340 e. The molecule has 1 aliphatic heterocycles. The van der Waals surface area contributed by atoms with Gasteiger partial charge in [0.25, 0.3) is 0 Å². The van der Waals surface area contributed by atoms with Crippen LogP contribution >= 0.6 is 0 Å². The highest BCUT2D eigenvalue weighted by Gasteiger charge is 2.20. The fourth-order valence-electron chi connectivity index (χ4n) is 2.05. The van der Waals surface area contributed by atoms with Crippen molar-refractivity contribution >= 4 is 28.7 Å². The van der Waals surface area contributed by atoms with Gasteiger partial charge in [0.05, 0.1) is 35.4 Å². The first-order chi connectivity index (χ1) is 8.79. The molecule has 0 spiro atoms. The highest BCUT2D eigenvalue weighted by atomic mass is 16.5. The van der Waals surface area contributed by atoms with Gasteiger partial charge in [-0.05, 0) is 24.3 Å². The van der Waals surface area contributed by atoms with Crippen LogP contribution in [0.5, 0.6) is 0 Å². The Labute approximate surface area is 105 Å². The van der Waals surface area contributed by atoms with Crippen LogP contribution < -0.4 is 10.6 Å². The summed E-state index contributed by atoms with van der Waals surface area (Å²) in [5, 5.41) is 6.55. The molecule has 0 bridgehead atoms. The minimum atomic E-state index is -0.347. The van der Waals surface area contributed by atoms with Crippen LogP contribution in [0, 0.1) is 0 Å². The maximum Gasteiger partial charge on any atom is 0.340 e. The van der Waals surface area contributed by atoms with Crippen molar-refractivity contribution in [2.75, 3.05) is 17.7 Å². The Hall–Kier alpha value is -2.49. The van der Waals surface area contributed by atoms with Crippen molar-refractivity contribution in [3.63, 3.8) is 0 Å². The van der Waals surface area contributed by atoms with Crippen LogP contribution in [0.3, 0.4) is 0 Å². The molecule has 90 valence electrons. The number of methoxy groups -OCH3 is 1. The second-order valence-electron chi connectivity index (χ2n) is 4.02. The predicted molar refractivity (Wildman–Crippen MR) is 70.8 cm³/mol. The maximum atomic E-state index is 11.7. The van der Waals surface area contributed by atoms with Gasteiger partial charge in [-0.1, -0.05) is 18.2 Å². The largest absolute Gasteiger partial charge is 0.465 e. The van der Waals surface area contributed by atoms with Gasteiger partial charge in [-0.25, -0.2) is 4.79 Å². The summed E-state index contributed by atoms with van der Waals surface area (Å²) in [6.07, 6.45) is 0. The molecular formula is C14H12N2O2. The van der Waals surface area contributed by atoms with Crippen LogP contribution in [0.4, 0.5) is 22.7 Å². The number of carbonyl (C=O) groups excluding carboxylic acids is 1. The third-order valence-corrected chi connectivity index (χ3v) is 2.93. The fourth-order valence-corrected chi connectivity index (χ4v) is 2.05. The molecule has 3 rings (SSSR count). The SMILES string of the molecule is COC(=O)c1cccc2c1Nc1ccccc1N2. The number of para-hydroxylation sites is 3. The van der Waals surface area contributed by atoms with E-state index in [0.717, 1.165) is 22.7 Å². The minimum absolute atomic E-state index is 0.347. The minimum Gasteiger partial charge on any atom is -0.465 e. The van der Waals surface area contributed by atoms with Crippen molar-refractivity contribution in [3.05, 3.63) is 48.0 Å². The number of benzene rings is 2. The number of hydrogen-bond donors (Lipinski definition) is 2. The monoisotopic (exact) mass is 240 g/mol. The Morgan fingerprint density at radius 2 is 1.61 bits per heavy atom. The van der Waals surface area contributed by atoms with E-state index in [9.17, 15) is 4.79 Å². The van der Waals surface area contributed by atoms with Crippen molar-refractivity contribution in [2.24, 2.45) is 0 Å². The fraction of sp³-hybridized carbons (Fsp3) is 0.0714. The molecule has 2 aromatic rings. The molecule has 2 aromatic carbocycles. The lowest BCUT2D eigenvalue weighted by Gasteiger charge is -2.24. The summed E-state index contributed by atoms with van der Waals surface area (Å²) in [4.78, 5) is 11.7. The second-order valence-corrected chi connectivity index (χ2v) is 4.02. The molecule has 18 heavy (non-hydrogen) atoms. The number of fused-ring (bicyclic) bond motifs is 2. The molecule has 2 N–H and O–H groups in total. The number of nitrogens with one attached hydrogen (secondary N) is 2. The molecule has 1 heterocycles. The summed E-state index contributed by atoms with van der Waals surface area (Å²) >= 11 is 0. The zero-order valence-corrected chi connectivity index (χ0v) is 9.86. The van der Waals surface area contributed by atoms with E-state index in [-0.39, 0.29) is 5.97 Å². The summed E-state index contributed by atoms with van der Waals surface area (Å²) in [6, 6.07) is 13.3. The number of esters is 1. The van der Waals surface area contributed by atoms with Crippen LogP contribution in [-0.4, -0.2) is 13.1 Å². The highest BCUT2D eigenvalue weighted by molar-refractivity contribution is 6.03. The summed E-state index contributed by atoms with van der Waals surface area (Å²) in [5.41, 5.74) is 4.09. The summed E-state index contributed by atoms with van der Waals surface area (Å²) in [7, 11) is 1.38. The third kappa shape index (κ3) is 1.59. The number of ether oxygens (including phenoxy) is 1. The molecule has 0 atom stereocenters. The Kier molecular flexibility index (Phi) is 2.41. The second kappa shape index (κ2) is 4.07. The molecule has 0 fully saturated rings. The predicted octanol–water partition coefficient (Wildman–Crippen LogP) is 3.27. The van der Waals surface area contributed by atoms with Gasteiger partial charge in [-0.15, -0.1) is 0 Å². The molecule has 0 radical (unpaired) electrons. The van der Waals surface area contributed by atoms with E-state index in [1.54, 1.807) is 6.07 Å². The summed E-state index contributed by atoms with van der Waals surface area (Å²) in [6.45, 7) is 0. The molecule has 0 amide bonds. The van der Waals surface area contributed by atoms with E-state index < -0.39 is 0 Å². The first kappa shape index (κ1) is 10.7. The number of anilines is 4. The van der Waals surface area contributed by atoms with Crippen LogP contribution in [0.2, 0.25) is 0 Å². The van der Waals surface area contributed by atoms with Gasteiger partial charge in [0, 0.05) is 0 Å². The lowest BCUT2D eigenvalue weighted by Crippen LogP contribution is -2.12. The molecule has 1 aliphatic rings. The lowest BCUT2D eigenvalue weighted by molar-refractivity contribution is 0.0602. The Bertz CT molecular complexity index is 623. The molecule has 0 saturated heterocycles. The van der Waals surface area contributed by atoms with E-state index in [2.05, 4.69) is 10.6 Å². The summed E-state index contributed by atoms with van der Waals surface area (Å²) in [5.74, 6) is -0.347. The van der Waals surface area contributed by atoms with Crippen molar-refractivity contribution in [3.8, 4) is 0 Å². The van der Waals surface area contributed by atoms with Gasteiger partial charge >= 0.3 is 5.97 Å². The average Bonchev–Trinajstić information content (AvgIpc) is 2.43. The molecule has 0 aromatic heterocycles. The molecule has 0 aliphatic carbocycles. The molecule has 0 saturated carbocycles. The molecule has 4 heteroatoms. The average molecular weight is 240 g/mol. The van der Waals surface area contributed by atoms with Crippen molar-refractivity contribution < 1.29 is 9.53 Å². The van der Waals surface area contributed by atoms with Gasteiger partial charge in [0.1, 0.15) is 0 Å². The Morgan fingerprint density at radius 3 is 2.33 bits per heavy atom. The van der Waals surface area contributed by atoms with Crippen LogP contribution in [0.1, 0.15) is 10.4 Å². The molecular weight excluding hydrogens is 228 g/mol. The van der Waals surface area contributed by atoms with E-state index in [1.165, 1.54) is 7.11 Å². The van der Waals surface area contributed by atoms with Crippen molar-refractivity contribution in [1.82, 2.24) is 0 Å². The first-order valence-corrected chi connectivity index (χ1v) is 5.64. The normalized spacial score (nSPS) is 11.6. The lowest BCUT2D eigenvalue weighted by atomic mass is 10.1.